The van der Waals surface area contributed by atoms with E-state index in [2.05, 4.69) is 51.6 Å². The zero-order valence-electron chi connectivity index (χ0n) is 15.7. The molecule has 1 aromatic carbocycles. The molecule has 2 aliphatic carbocycles. The number of amides is 1. The van der Waals surface area contributed by atoms with Crippen LogP contribution in [0.25, 0.3) is 0 Å². The number of carbonyl (C=O) groups is 1. The Kier molecular flexibility index (Phi) is 4.23. The topological polar surface area (TPSA) is 71.3 Å². The van der Waals surface area contributed by atoms with E-state index in [1.165, 1.54) is 11.1 Å². The average Bonchev–Trinajstić information content (AvgIpc) is 3.59. The Hall–Kier alpha value is -2.21. The summed E-state index contributed by atoms with van der Waals surface area (Å²) in [5.74, 6) is 2.70. The fraction of sp³-hybridized carbons (Fsp3) is 0.571. The van der Waals surface area contributed by atoms with E-state index in [1.807, 2.05) is 0 Å². The third kappa shape index (κ3) is 3.76. The molecule has 1 saturated heterocycles. The first-order valence-corrected chi connectivity index (χ1v) is 10.1. The number of aromatic nitrogens is 2. The Bertz CT molecular complexity index is 823. The monoisotopic (exact) mass is 366 g/mol. The maximum atomic E-state index is 12.4. The van der Waals surface area contributed by atoms with Crippen molar-refractivity contribution in [1.29, 1.82) is 0 Å². The Morgan fingerprint density at radius 3 is 2.63 bits per heavy atom. The summed E-state index contributed by atoms with van der Waals surface area (Å²) < 4.78 is 5.84. The molecule has 2 saturated carbocycles. The zero-order valence-corrected chi connectivity index (χ0v) is 15.7. The zero-order chi connectivity index (χ0) is 18.4. The number of carbonyl (C=O) groups excluding carboxylic acids is 1. The molecule has 0 spiro atoms. The van der Waals surface area contributed by atoms with Crippen molar-refractivity contribution >= 4 is 5.91 Å². The lowest BCUT2D eigenvalue weighted by atomic mass is 9.93. The molecule has 1 N–H and O–H groups in total. The summed E-state index contributed by atoms with van der Waals surface area (Å²) in [5.41, 5.74) is 2.54. The van der Waals surface area contributed by atoms with Crippen LogP contribution in [0.1, 0.15) is 60.4 Å². The molecule has 27 heavy (non-hydrogen) atoms. The summed E-state index contributed by atoms with van der Waals surface area (Å²) in [5, 5.41) is 11.7. The Balaban J connectivity index is 1.30. The lowest BCUT2D eigenvalue weighted by molar-refractivity contribution is -0.123. The molecule has 2 atom stereocenters. The lowest BCUT2D eigenvalue weighted by Crippen LogP contribution is -2.40. The number of rotatable bonds is 6. The van der Waals surface area contributed by atoms with Gasteiger partial charge in [0, 0.05) is 36.9 Å². The maximum absolute atomic E-state index is 12.4. The summed E-state index contributed by atoms with van der Waals surface area (Å²) >= 11 is 0. The average molecular weight is 366 g/mol. The normalized spacial score (nSPS) is 25.7. The van der Waals surface area contributed by atoms with Crippen molar-refractivity contribution in [3.63, 3.8) is 0 Å². The number of benzene rings is 1. The standard InChI is InChI=1S/C21H26N4O2/c1-13-2-4-14(5-3-13)17-10-25(11-18(17)22-20(26)15-6-7-15)12-19-23-24-21(27-19)16-8-9-16/h2-5,15-18H,6-12H2,1H3,(H,22,26)/t17-,18+/m0/s1. The second-order valence-corrected chi connectivity index (χ2v) is 8.41. The molecular weight excluding hydrogens is 340 g/mol. The molecule has 0 unspecified atom stereocenters. The molecule has 2 heterocycles. The summed E-state index contributed by atoms with van der Waals surface area (Å²) in [6, 6.07) is 8.82. The SMILES string of the molecule is Cc1ccc([C@@H]2CN(Cc3nnc(C4CC4)o3)C[C@H]2NC(=O)C2CC2)cc1. The molecule has 142 valence electrons. The Labute approximate surface area is 159 Å². The van der Waals surface area contributed by atoms with Gasteiger partial charge in [0.1, 0.15) is 0 Å². The Morgan fingerprint density at radius 1 is 1.15 bits per heavy atom. The van der Waals surface area contributed by atoms with Crippen LogP contribution in [0.3, 0.4) is 0 Å². The summed E-state index contributed by atoms with van der Waals surface area (Å²) in [4.78, 5) is 14.7. The van der Waals surface area contributed by atoms with E-state index in [-0.39, 0.29) is 17.9 Å². The van der Waals surface area contributed by atoms with Crippen LogP contribution in [0, 0.1) is 12.8 Å². The molecule has 2 aromatic rings. The maximum Gasteiger partial charge on any atom is 0.230 e. The van der Waals surface area contributed by atoms with Gasteiger partial charge in [-0.3, -0.25) is 9.69 Å². The van der Waals surface area contributed by atoms with Gasteiger partial charge in [0.25, 0.3) is 0 Å². The van der Waals surface area contributed by atoms with E-state index in [0.717, 1.165) is 44.7 Å². The van der Waals surface area contributed by atoms with Crippen LogP contribution in [0.15, 0.2) is 28.7 Å². The highest BCUT2D eigenvalue weighted by atomic mass is 16.4. The van der Waals surface area contributed by atoms with Gasteiger partial charge in [0.2, 0.25) is 17.7 Å². The molecule has 1 aromatic heterocycles. The molecule has 3 fully saturated rings. The largest absolute Gasteiger partial charge is 0.424 e. The summed E-state index contributed by atoms with van der Waals surface area (Å²) in [7, 11) is 0. The smallest absolute Gasteiger partial charge is 0.230 e. The van der Waals surface area contributed by atoms with Gasteiger partial charge in [-0.05, 0) is 38.2 Å². The fourth-order valence-electron chi connectivity index (χ4n) is 3.98. The molecule has 0 radical (unpaired) electrons. The molecule has 5 rings (SSSR count). The van der Waals surface area contributed by atoms with Crippen LogP contribution in [0.2, 0.25) is 0 Å². The van der Waals surface area contributed by atoms with Crippen LogP contribution in [0.4, 0.5) is 0 Å². The van der Waals surface area contributed by atoms with Gasteiger partial charge in [0.05, 0.1) is 6.54 Å². The minimum absolute atomic E-state index is 0.131. The number of aryl methyl sites for hydroxylation is 1. The van der Waals surface area contributed by atoms with Crippen LogP contribution >= 0.6 is 0 Å². The molecular formula is C21H26N4O2. The fourth-order valence-corrected chi connectivity index (χ4v) is 3.98. The van der Waals surface area contributed by atoms with Crippen molar-refractivity contribution in [3.05, 3.63) is 47.2 Å². The Morgan fingerprint density at radius 2 is 1.93 bits per heavy atom. The van der Waals surface area contributed by atoms with Gasteiger partial charge in [-0.25, -0.2) is 0 Å². The van der Waals surface area contributed by atoms with Crippen LogP contribution < -0.4 is 5.32 Å². The highest BCUT2D eigenvalue weighted by Gasteiger charge is 2.38. The highest BCUT2D eigenvalue weighted by molar-refractivity contribution is 5.81. The van der Waals surface area contributed by atoms with Crippen LogP contribution in [-0.4, -0.2) is 40.1 Å². The number of likely N-dealkylation sites (tertiary alicyclic amines) is 1. The number of hydrogen-bond acceptors (Lipinski definition) is 5. The van der Waals surface area contributed by atoms with Gasteiger partial charge < -0.3 is 9.73 Å². The molecule has 6 heteroatoms. The van der Waals surface area contributed by atoms with Gasteiger partial charge in [-0.15, -0.1) is 10.2 Å². The van der Waals surface area contributed by atoms with Crippen molar-refractivity contribution in [3.8, 4) is 0 Å². The molecule has 1 amide bonds. The van der Waals surface area contributed by atoms with E-state index >= 15 is 0 Å². The first-order chi connectivity index (χ1) is 13.2. The number of nitrogens with zero attached hydrogens (tertiary/aromatic N) is 3. The van der Waals surface area contributed by atoms with Gasteiger partial charge in [-0.1, -0.05) is 29.8 Å². The van der Waals surface area contributed by atoms with E-state index in [0.29, 0.717) is 24.3 Å². The summed E-state index contributed by atoms with van der Waals surface area (Å²) in [6.45, 7) is 4.46. The van der Waals surface area contributed by atoms with E-state index in [9.17, 15) is 4.79 Å². The quantitative estimate of drug-likeness (QED) is 0.851. The number of nitrogens with one attached hydrogen (secondary N) is 1. The second-order valence-electron chi connectivity index (χ2n) is 8.41. The van der Waals surface area contributed by atoms with E-state index < -0.39 is 0 Å². The van der Waals surface area contributed by atoms with Crippen LogP contribution in [-0.2, 0) is 11.3 Å². The van der Waals surface area contributed by atoms with Crippen molar-refractivity contribution in [2.45, 2.75) is 57.0 Å². The lowest BCUT2D eigenvalue weighted by Gasteiger charge is -2.20. The number of hydrogen-bond donors (Lipinski definition) is 1. The van der Waals surface area contributed by atoms with Crippen molar-refractivity contribution in [1.82, 2.24) is 20.4 Å². The molecule has 3 aliphatic rings. The highest BCUT2D eigenvalue weighted by Crippen LogP contribution is 2.39. The van der Waals surface area contributed by atoms with Gasteiger partial charge in [-0.2, -0.15) is 0 Å². The first kappa shape index (κ1) is 16.9. The second kappa shape index (κ2) is 6.75. The first-order valence-electron chi connectivity index (χ1n) is 10.1. The van der Waals surface area contributed by atoms with Gasteiger partial charge in [0.15, 0.2) is 0 Å². The van der Waals surface area contributed by atoms with Gasteiger partial charge >= 0.3 is 0 Å². The third-order valence-corrected chi connectivity index (χ3v) is 5.94. The summed E-state index contributed by atoms with van der Waals surface area (Å²) in [6.07, 6.45) is 4.39. The predicted octanol–water partition coefficient (Wildman–Crippen LogP) is 2.75. The minimum Gasteiger partial charge on any atom is -0.424 e. The molecule has 0 bridgehead atoms. The molecule has 1 aliphatic heterocycles. The predicted molar refractivity (Wildman–Crippen MR) is 100 cm³/mol. The van der Waals surface area contributed by atoms with Crippen LogP contribution in [0.5, 0.6) is 0 Å². The van der Waals surface area contributed by atoms with E-state index in [4.69, 9.17) is 4.42 Å². The van der Waals surface area contributed by atoms with Crippen molar-refractivity contribution < 1.29 is 9.21 Å². The van der Waals surface area contributed by atoms with Crippen molar-refractivity contribution in [2.24, 2.45) is 5.92 Å². The minimum atomic E-state index is 0.131. The third-order valence-electron chi connectivity index (χ3n) is 5.94. The molecule has 6 nitrogen and oxygen atoms in total. The van der Waals surface area contributed by atoms with Crippen molar-refractivity contribution in [2.75, 3.05) is 13.1 Å². The van der Waals surface area contributed by atoms with E-state index in [1.54, 1.807) is 0 Å².